The summed E-state index contributed by atoms with van der Waals surface area (Å²) < 4.78 is 0. The Balaban J connectivity index is 2.25. The van der Waals surface area contributed by atoms with Crippen LogP contribution in [0.1, 0.15) is 26.2 Å². The van der Waals surface area contributed by atoms with Gasteiger partial charge in [-0.1, -0.05) is 0 Å². The second kappa shape index (κ2) is 5.64. The minimum Gasteiger partial charge on any atom is -0.349 e. The van der Waals surface area contributed by atoms with E-state index in [2.05, 4.69) is 17.1 Å². The van der Waals surface area contributed by atoms with Crippen molar-refractivity contribution in [3.05, 3.63) is 0 Å². The molecule has 1 amide bonds. The fourth-order valence-electron chi connectivity index (χ4n) is 2.00. The zero-order chi connectivity index (χ0) is 12.2. The van der Waals surface area contributed by atoms with Crippen LogP contribution in [0, 0.1) is 0 Å². The number of carbonyl (C=O) groups excluding carboxylic acids is 1. The lowest BCUT2D eigenvalue weighted by atomic mass is 9.90. The number of hydrogen-bond acceptors (Lipinski definition) is 3. The second-order valence-electron chi connectivity index (χ2n) is 5.19. The maximum Gasteiger partial charge on any atom is 0.223 e. The summed E-state index contributed by atoms with van der Waals surface area (Å²) in [6, 6.07) is 0. The van der Waals surface area contributed by atoms with Crippen LogP contribution in [0.15, 0.2) is 0 Å². The molecule has 1 fully saturated rings. The van der Waals surface area contributed by atoms with Gasteiger partial charge in [0.25, 0.3) is 0 Å². The van der Waals surface area contributed by atoms with Crippen molar-refractivity contribution >= 4 is 5.91 Å². The Morgan fingerprint density at radius 1 is 1.38 bits per heavy atom. The van der Waals surface area contributed by atoms with Gasteiger partial charge in [-0.05, 0) is 39.9 Å². The summed E-state index contributed by atoms with van der Waals surface area (Å²) in [7, 11) is 5.67. The van der Waals surface area contributed by atoms with Gasteiger partial charge in [-0.25, -0.2) is 0 Å². The smallest absolute Gasteiger partial charge is 0.223 e. The molecule has 0 unspecified atom stereocenters. The predicted octanol–water partition coefficient (Wildman–Crippen LogP) is 0.539. The van der Waals surface area contributed by atoms with Crippen LogP contribution in [-0.4, -0.2) is 62.0 Å². The lowest BCUT2D eigenvalue weighted by molar-refractivity contribution is -0.129. The number of amides is 1. The standard InChI is InChI=1S/C12H25N3O/c1-12(13-2)6-9-15(10-7-12)8-5-11(16)14(3)4/h13H,5-10H2,1-4H3. The molecular formula is C12H25N3O. The Labute approximate surface area is 99.0 Å². The molecule has 1 heterocycles. The Morgan fingerprint density at radius 2 is 1.94 bits per heavy atom. The van der Waals surface area contributed by atoms with E-state index in [0.29, 0.717) is 12.0 Å². The Hall–Kier alpha value is -0.610. The van der Waals surface area contributed by atoms with Crippen molar-refractivity contribution in [2.45, 2.75) is 31.7 Å². The summed E-state index contributed by atoms with van der Waals surface area (Å²) in [6.07, 6.45) is 2.97. The van der Waals surface area contributed by atoms with Gasteiger partial charge in [0.1, 0.15) is 0 Å². The van der Waals surface area contributed by atoms with Crippen LogP contribution >= 0.6 is 0 Å². The molecule has 0 aromatic heterocycles. The molecule has 4 heteroatoms. The molecule has 0 aromatic rings. The van der Waals surface area contributed by atoms with Crippen LogP contribution in [0.3, 0.4) is 0 Å². The number of rotatable bonds is 4. The highest BCUT2D eigenvalue weighted by atomic mass is 16.2. The van der Waals surface area contributed by atoms with Gasteiger partial charge < -0.3 is 15.1 Å². The molecule has 1 rings (SSSR count). The van der Waals surface area contributed by atoms with Crippen molar-refractivity contribution < 1.29 is 4.79 Å². The highest BCUT2D eigenvalue weighted by molar-refractivity contribution is 5.75. The summed E-state index contributed by atoms with van der Waals surface area (Å²) in [5, 5.41) is 3.38. The molecule has 1 aliphatic heterocycles. The lowest BCUT2D eigenvalue weighted by Crippen LogP contribution is -2.50. The monoisotopic (exact) mass is 227 g/mol. The third kappa shape index (κ3) is 3.76. The van der Waals surface area contributed by atoms with E-state index in [9.17, 15) is 4.79 Å². The van der Waals surface area contributed by atoms with Gasteiger partial charge in [0.2, 0.25) is 5.91 Å². The van der Waals surface area contributed by atoms with E-state index in [4.69, 9.17) is 0 Å². The van der Waals surface area contributed by atoms with Crippen LogP contribution in [-0.2, 0) is 4.79 Å². The van der Waals surface area contributed by atoms with Crippen molar-refractivity contribution in [1.29, 1.82) is 0 Å². The van der Waals surface area contributed by atoms with Gasteiger partial charge in [0.05, 0.1) is 0 Å². The average molecular weight is 227 g/mol. The van der Waals surface area contributed by atoms with E-state index >= 15 is 0 Å². The van der Waals surface area contributed by atoms with Gasteiger partial charge in [-0.15, -0.1) is 0 Å². The van der Waals surface area contributed by atoms with E-state index in [0.717, 1.165) is 19.6 Å². The number of carbonyl (C=O) groups is 1. The summed E-state index contributed by atoms with van der Waals surface area (Å²) in [6.45, 7) is 5.36. The molecule has 4 nitrogen and oxygen atoms in total. The van der Waals surface area contributed by atoms with Crippen molar-refractivity contribution in [3.63, 3.8) is 0 Å². The van der Waals surface area contributed by atoms with Crippen molar-refractivity contribution in [2.75, 3.05) is 40.8 Å². The van der Waals surface area contributed by atoms with E-state index < -0.39 is 0 Å². The molecule has 0 bridgehead atoms. The third-order valence-electron chi connectivity index (χ3n) is 3.70. The summed E-state index contributed by atoms with van der Waals surface area (Å²) >= 11 is 0. The van der Waals surface area contributed by atoms with E-state index in [1.54, 1.807) is 4.90 Å². The van der Waals surface area contributed by atoms with Gasteiger partial charge in [0.15, 0.2) is 0 Å². The van der Waals surface area contributed by atoms with Crippen molar-refractivity contribution in [2.24, 2.45) is 0 Å². The molecule has 0 spiro atoms. The molecular weight excluding hydrogens is 202 g/mol. The van der Waals surface area contributed by atoms with E-state index in [1.807, 2.05) is 21.1 Å². The lowest BCUT2D eigenvalue weighted by Gasteiger charge is -2.39. The Morgan fingerprint density at radius 3 is 2.38 bits per heavy atom. The Bertz CT molecular complexity index is 232. The van der Waals surface area contributed by atoms with Gasteiger partial charge in [0, 0.05) is 32.6 Å². The highest BCUT2D eigenvalue weighted by Crippen LogP contribution is 2.20. The highest BCUT2D eigenvalue weighted by Gasteiger charge is 2.28. The first-order chi connectivity index (χ1) is 7.47. The molecule has 0 saturated carbocycles. The van der Waals surface area contributed by atoms with Crippen LogP contribution in [0.5, 0.6) is 0 Å². The maximum atomic E-state index is 11.5. The summed E-state index contributed by atoms with van der Waals surface area (Å²) in [4.78, 5) is 15.5. The van der Waals surface area contributed by atoms with Crippen molar-refractivity contribution in [1.82, 2.24) is 15.1 Å². The normalized spacial score (nSPS) is 20.8. The average Bonchev–Trinajstić information content (AvgIpc) is 2.28. The number of nitrogens with one attached hydrogen (secondary N) is 1. The third-order valence-corrected chi connectivity index (χ3v) is 3.70. The number of nitrogens with zero attached hydrogens (tertiary/aromatic N) is 2. The number of likely N-dealkylation sites (tertiary alicyclic amines) is 1. The molecule has 0 aromatic carbocycles. The number of piperidine rings is 1. The first-order valence-electron chi connectivity index (χ1n) is 6.08. The second-order valence-corrected chi connectivity index (χ2v) is 5.19. The molecule has 0 aliphatic carbocycles. The topological polar surface area (TPSA) is 35.6 Å². The van der Waals surface area contributed by atoms with Crippen LogP contribution in [0.25, 0.3) is 0 Å². The number of hydrogen-bond donors (Lipinski definition) is 1. The predicted molar refractivity (Wildman–Crippen MR) is 66.4 cm³/mol. The first kappa shape index (κ1) is 13.5. The molecule has 1 saturated heterocycles. The zero-order valence-corrected chi connectivity index (χ0v) is 11.0. The molecule has 1 N–H and O–H groups in total. The van der Waals surface area contributed by atoms with E-state index in [1.165, 1.54) is 12.8 Å². The van der Waals surface area contributed by atoms with Gasteiger partial charge in [-0.3, -0.25) is 4.79 Å². The summed E-state index contributed by atoms with van der Waals surface area (Å²) in [5.41, 5.74) is 0.294. The van der Waals surface area contributed by atoms with Gasteiger partial charge in [-0.2, -0.15) is 0 Å². The minimum absolute atomic E-state index is 0.224. The molecule has 0 atom stereocenters. The summed E-state index contributed by atoms with van der Waals surface area (Å²) in [5.74, 6) is 0.224. The van der Waals surface area contributed by atoms with Gasteiger partial charge >= 0.3 is 0 Å². The maximum absolute atomic E-state index is 11.5. The van der Waals surface area contributed by atoms with Crippen LogP contribution in [0.2, 0.25) is 0 Å². The molecule has 16 heavy (non-hydrogen) atoms. The molecule has 1 aliphatic rings. The first-order valence-corrected chi connectivity index (χ1v) is 6.08. The SMILES string of the molecule is CNC1(C)CCN(CCC(=O)N(C)C)CC1. The largest absolute Gasteiger partial charge is 0.349 e. The zero-order valence-electron chi connectivity index (χ0n) is 11.0. The van der Waals surface area contributed by atoms with Crippen LogP contribution < -0.4 is 5.32 Å². The molecule has 0 radical (unpaired) electrons. The van der Waals surface area contributed by atoms with E-state index in [-0.39, 0.29) is 5.91 Å². The Kier molecular flexibility index (Phi) is 4.74. The quantitative estimate of drug-likeness (QED) is 0.761. The van der Waals surface area contributed by atoms with Crippen molar-refractivity contribution in [3.8, 4) is 0 Å². The minimum atomic E-state index is 0.224. The fourth-order valence-corrected chi connectivity index (χ4v) is 2.00. The molecule has 94 valence electrons. The fraction of sp³-hybridized carbons (Fsp3) is 0.917. The van der Waals surface area contributed by atoms with Crippen LogP contribution in [0.4, 0.5) is 0 Å².